The Morgan fingerprint density at radius 2 is 1.75 bits per heavy atom. The minimum Gasteiger partial charge on any atom is -0.389 e. The van der Waals surface area contributed by atoms with E-state index in [1.54, 1.807) is 0 Å². The molecule has 5 rings (SSSR count). The molecular formula is C32H42O4. The Morgan fingerprint density at radius 3 is 2.47 bits per heavy atom. The van der Waals surface area contributed by atoms with Gasteiger partial charge in [0, 0.05) is 17.9 Å². The topological polar surface area (TPSA) is 74.6 Å². The van der Waals surface area contributed by atoms with Crippen LogP contribution in [0, 0.1) is 52.3 Å². The van der Waals surface area contributed by atoms with Crippen molar-refractivity contribution in [1.82, 2.24) is 0 Å². The summed E-state index contributed by atoms with van der Waals surface area (Å²) < 4.78 is 0. The number of aliphatic hydroxyl groups is 2. The average Bonchev–Trinajstić information content (AvgIpc) is 3.24. The summed E-state index contributed by atoms with van der Waals surface area (Å²) in [6.07, 6.45) is 11.4. The maximum atomic E-state index is 12.5. The zero-order valence-corrected chi connectivity index (χ0v) is 22.0. The molecule has 4 aliphatic rings. The molecule has 4 fully saturated rings. The van der Waals surface area contributed by atoms with Gasteiger partial charge in [-0.1, -0.05) is 37.8 Å². The van der Waals surface area contributed by atoms with Gasteiger partial charge in [-0.2, -0.15) is 0 Å². The van der Waals surface area contributed by atoms with Crippen molar-refractivity contribution in [2.75, 3.05) is 6.61 Å². The quantitative estimate of drug-likeness (QED) is 0.444. The first-order chi connectivity index (χ1) is 17.2. The predicted molar refractivity (Wildman–Crippen MR) is 140 cm³/mol. The molecule has 1 aromatic rings. The van der Waals surface area contributed by atoms with Crippen molar-refractivity contribution in [3.05, 3.63) is 35.4 Å². The van der Waals surface area contributed by atoms with E-state index < -0.39 is 5.60 Å². The molecule has 4 heteroatoms. The first-order valence-electron chi connectivity index (χ1n) is 14.1. The lowest BCUT2D eigenvalue weighted by atomic mass is 9.44. The van der Waals surface area contributed by atoms with Crippen molar-refractivity contribution in [2.45, 2.75) is 90.1 Å². The van der Waals surface area contributed by atoms with Gasteiger partial charge in [-0.05, 0) is 116 Å². The van der Waals surface area contributed by atoms with E-state index in [9.17, 15) is 19.8 Å². The highest BCUT2D eigenvalue weighted by Crippen LogP contribution is 2.68. The van der Waals surface area contributed by atoms with Crippen LogP contribution in [0.5, 0.6) is 0 Å². The zero-order valence-electron chi connectivity index (χ0n) is 22.0. The summed E-state index contributed by atoms with van der Waals surface area (Å²) in [6.45, 7) is 4.50. The molecule has 1 aromatic carbocycles. The van der Waals surface area contributed by atoms with Crippen LogP contribution in [0.2, 0.25) is 0 Å². The highest BCUT2D eigenvalue weighted by atomic mass is 16.3. The molecule has 4 saturated carbocycles. The number of fused-ring (bicyclic) bond motifs is 5. The smallest absolute Gasteiger partial charge is 0.161 e. The number of carbonyl (C=O) groups is 2. The molecule has 0 amide bonds. The molecule has 4 nitrogen and oxygen atoms in total. The van der Waals surface area contributed by atoms with Gasteiger partial charge in [0.1, 0.15) is 18.5 Å². The molecule has 0 bridgehead atoms. The lowest BCUT2D eigenvalue weighted by molar-refractivity contribution is -0.146. The van der Waals surface area contributed by atoms with Crippen molar-refractivity contribution in [3.8, 4) is 11.8 Å². The Bertz CT molecular complexity index is 1050. The van der Waals surface area contributed by atoms with E-state index in [2.05, 4.69) is 25.7 Å². The van der Waals surface area contributed by atoms with Gasteiger partial charge in [0.15, 0.2) is 5.78 Å². The third-order valence-electron chi connectivity index (χ3n) is 11.2. The number of aliphatic hydroxyl groups excluding tert-OH is 1. The van der Waals surface area contributed by atoms with Crippen molar-refractivity contribution in [1.29, 1.82) is 0 Å². The number of aryl methyl sites for hydroxylation is 1. The summed E-state index contributed by atoms with van der Waals surface area (Å²) in [4.78, 5) is 23.1. The van der Waals surface area contributed by atoms with E-state index in [4.69, 9.17) is 0 Å². The fraction of sp³-hybridized carbons (Fsp3) is 0.688. The van der Waals surface area contributed by atoms with Gasteiger partial charge in [0.2, 0.25) is 0 Å². The third kappa shape index (κ3) is 4.37. The number of ketones is 1. The molecule has 0 heterocycles. The molecule has 8 atom stereocenters. The van der Waals surface area contributed by atoms with E-state index in [0.717, 1.165) is 68.8 Å². The van der Waals surface area contributed by atoms with Gasteiger partial charge < -0.3 is 15.0 Å². The van der Waals surface area contributed by atoms with E-state index in [0.29, 0.717) is 30.1 Å². The van der Waals surface area contributed by atoms with Gasteiger partial charge in [-0.25, -0.2) is 0 Å². The van der Waals surface area contributed by atoms with Crippen LogP contribution in [-0.4, -0.2) is 34.5 Å². The Labute approximate surface area is 216 Å². The first kappa shape index (κ1) is 25.7. The second-order valence-electron chi connectivity index (χ2n) is 12.8. The van der Waals surface area contributed by atoms with Crippen LogP contribution in [0.3, 0.4) is 0 Å². The van der Waals surface area contributed by atoms with Gasteiger partial charge in [-0.3, -0.25) is 4.79 Å². The summed E-state index contributed by atoms with van der Waals surface area (Å²) in [5.74, 6) is 8.97. The molecule has 194 valence electrons. The van der Waals surface area contributed by atoms with Gasteiger partial charge in [-0.15, -0.1) is 0 Å². The van der Waals surface area contributed by atoms with Crippen LogP contribution in [0.25, 0.3) is 0 Å². The fourth-order valence-corrected chi connectivity index (χ4v) is 9.17. The number of aldehydes is 1. The Hall–Kier alpha value is -1.96. The van der Waals surface area contributed by atoms with Crippen LogP contribution in [0.15, 0.2) is 24.3 Å². The van der Waals surface area contributed by atoms with Crippen molar-refractivity contribution < 1.29 is 19.8 Å². The lowest BCUT2D eigenvalue weighted by Gasteiger charge is -2.61. The maximum absolute atomic E-state index is 12.5. The second kappa shape index (κ2) is 9.73. The normalized spacial score (nSPS) is 41.3. The first-order valence-corrected chi connectivity index (χ1v) is 14.1. The van der Waals surface area contributed by atoms with Crippen LogP contribution in [0.1, 0.15) is 89.2 Å². The fourth-order valence-electron chi connectivity index (χ4n) is 9.17. The molecule has 36 heavy (non-hydrogen) atoms. The Balaban J connectivity index is 1.28. The van der Waals surface area contributed by atoms with E-state index in [1.807, 2.05) is 24.3 Å². The van der Waals surface area contributed by atoms with Crippen molar-refractivity contribution in [2.24, 2.45) is 40.4 Å². The van der Waals surface area contributed by atoms with E-state index >= 15 is 0 Å². The van der Waals surface area contributed by atoms with E-state index in [1.165, 1.54) is 12.8 Å². The Kier molecular flexibility index (Phi) is 6.94. The summed E-state index contributed by atoms with van der Waals surface area (Å²) >= 11 is 0. The minimum atomic E-state index is -0.928. The molecule has 2 N–H and O–H groups in total. The highest BCUT2D eigenvalue weighted by molar-refractivity contribution is 5.83. The van der Waals surface area contributed by atoms with Crippen LogP contribution in [0.4, 0.5) is 0 Å². The van der Waals surface area contributed by atoms with Crippen LogP contribution in [-0.2, 0) is 16.0 Å². The lowest BCUT2D eigenvalue weighted by Crippen LogP contribution is -2.56. The predicted octanol–water partition coefficient (Wildman–Crippen LogP) is 5.12. The van der Waals surface area contributed by atoms with Crippen LogP contribution >= 0.6 is 0 Å². The number of benzene rings is 1. The molecular weight excluding hydrogens is 448 g/mol. The summed E-state index contributed by atoms with van der Waals surface area (Å²) in [6, 6.07) is 8.03. The SMILES string of the molecule is C[C@]12CC[C@](O)(C#Cc3ccc(CCC=O)cc3)C[C@H]1CC[C@@H]1[C@@H]2CC[C@]2(C)[C@@H](C(=O)CO)CC[C@@H]12. The standard InChI is InChI=1S/C32H42O4/c1-30-17-18-32(36,16-13-23-7-5-22(6-8-23)4-3-19-33)20-24(30)9-10-25-26-11-12-28(29(35)21-34)31(26,2)15-14-27(25)30/h5-8,19,24-28,34,36H,3-4,9-12,14-15,17-18,20-21H2,1-2H3/t24-,25+,26+,27+,28-,30+,31+,32-/m1/s1. The number of hydrogen-bond donors (Lipinski definition) is 2. The average molecular weight is 491 g/mol. The van der Waals surface area contributed by atoms with Crippen molar-refractivity contribution in [3.63, 3.8) is 0 Å². The van der Waals surface area contributed by atoms with Gasteiger partial charge in [0.25, 0.3) is 0 Å². The monoisotopic (exact) mass is 490 g/mol. The van der Waals surface area contributed by atoms with Gasteiger partial charge in [0.05, 0.1) is 0 Å². The number of rotatable bonds is 5. The molecule has 0 radical (unpaired) electrons. The summed E-state index contributed by atoms with van der Waals surface area (Å²) in [5.41, 5.74) is 1.40. The van der Waals surface area contributed by atoms with Crippen molar-refractivity contribution >= 4 is 12.1 Å². The third-order valence-corrected chi connectivity index (χ3v) is 11.2. The number of hydrogen-bond acceptors (Lipinski definition) is 4. The number of Topliss-reactive ketones (excluding diaryl/α,β-unsaturated/α-hetero) is 1. The van der Waals surface area contributed by atoms with Crippen LogP contribution < -0.4 is 0 Å². The minimum absolute atomic E-state index is 0.0322. The molecule has 0 saturated heterocycles. The largest absolute Gasteiger partial charge is 0.389 e. The highest BCUT2D eigenvalue weighted by Gasteiger charge is 2.61. The zero-order chi connectivity index (χ0) is 25.6. The molecule has 0 aliphatic heterocycles. The Morgan fingerprint density at radius 1 is 1.00 bits per heavy atom. The second-order valence-corrected chi connectivity index (χ2v) is 12.8. The molecule has 4 aliphatic carbocycles. The number of carbonyl (C=O) groups excluding carboxylic acids is 2. The molecule has 0 unspecified atom stereocenters. The molecule has 0 spiro atoms. The summed E-state index contributed by atoms with van der Waals surface area (Å²) in [7, 11) is 0. The van der Waals surface area contributed by atoms with E-state index in [-0.39, 0.29) is 29.1 Å². The molecule has 0 aromatic heterocycles. The maximum Gasteiger partial charge on any atom is 0.161 e. The van der Waals surface area contributed by atoms with Gasteiger partial charge >= 0.3 is 0 Å². The summed E-state index contributed by atoms with van der Waals surface area (Å²) in [5, 5.41) is 21.0.